The van der Waals surface area contributed by atoms with E-state index in [1.807, 2.05) is 13.0 Å². The highest BCUT2D eigenvalue weighted by atomic mass is 32.1. The molecule has 28 heavy (non-hydrogen) atoms. The lowest BCUT2D eigenvalue weighted by Crippen LogP contribution is -2.13. The Morgan fingerprint density at radius 3 is 2.89 bits per heavy atom. The molecule has 0 atom stereocenters. The summed E-state index contributed by atoms with van der Waals surface area (Å²) < 4.78 is 1.65. The van der Waals surface area contributed by atoms with Crippen LogP contribution < -0.4 is 5.32 Å². The number of hydrogen-bond acceptors (Lipinski definition) is 7. The Hall–Kier alpha value is -3.84. The summed E-state index contributed by atoms with van der Waals surface area (Å²) >= 11 is 1.24. The molecule has 140 valence electrons. The standard InChI is InChI=1S/C18H14N6O3S/c1-2-16-21-22-18(28-16)20-17(25)12(11-19)9-13-7-4-8-23(13)14-5-3-6-15(10-14)24(26)27/h3-10H,2H2,1H3,(H,20,22,25)/b12-9-. The Kier molecular flexibility index (Phi) is 5.57. The van der Waals surface area contributed by atoms with Gasteiger partial charge in [-0.05, 0) is 30.7 Å². The number of anilines is 1. The maximum atomic E-state index is 12.4. The number of nitrogens with zero attached hydrogens (tertiary/aromatic N) is 5. The summed E-state index contributed by atoms with van der Waals surface area (Å²) in [7, 11) is 0. The van der Waals surface area contributed by atoms with E-state index in [-0.39, 0.29) is 11.3 Å². The topological polar surface area (TPSA) is 127 Å². The van der Waals surface area contributed by atoms with Crippen LogP contribution in [0.4, 0.5) is 10.8 Å². The van der Waals surface area contributed by atoms with E-state index < -0.39 is 10.8 Å². The van der Waals surface area contributed by atoms with Crippen molar-refractivity contribution in [2.45, 2.75) is 13.3 Å². The highest BCUT2D eigenvalue weighted by Gasteiger charge is 2.14. The molecule has 0 fully saturated rings. The zero-order valence-electron chi connectivity index (χ0n) is 14.7. The molecule has 0 spiro atoms. The number of carbonyl (C=O) groups is 1. The van der Waals surface area contributed by atoms with Crippen LogP contribution in [0.15, 0.2) is 48.2 Å². The lowest BCUT2D eigenvalue weighted by molar-refractivity contribution is -0.384. The van der Waals surface area contributed by atoms with E-state index in [4.69, 9.17) is 0 Å². The van der Waals surface area contributed by atoms with E-state index in [0.717, 1.165) is 5.01 Å². The molecule has 9 nitrogen and oxygen atoms in total. The number of amides is 1. The number of nitro benzene ring substituents is 1. The van der Waals surface area contributed by atoms with Crippen LogP contribution in [-0.4, -0.2) is 25.6 Å². The molecule has 3 rings (SSSR count). The molecule has 0 aliphatic carbocycles. The Morgan fingerprint density at radius 1 is 1.39 bits per heavy atom. The number of carbonyl (C=O) groups excluding carboxylic acids is 1. The van der Waals surface area contributed by atoms with Crippen LogP contribution in [0.2, 0.25) is 0 Å². The zero-order valence-corrected chi connectivity index (χ0v) is 15.5. The molecule has 1 amide bonds. The summed E-state index contributed by atoms with van der Waals surface area (Å²) in [5.41, 5.74) is 0.888. The number of non-ortho nitro benzene ring substituents is 1. The number of benzene rings is 1. The fraction of sp³-hybridized carbons (Fsp3) is 0.111. The first-order valence-electron chi connectivity index (χ1n) is 8.19. The minimum Gasteiger partial charge on any atom is -0.317 e. The summed E-state index contributed by atoms with van der Waals surface area (Å²) in [5, 5.41) is 31.8. The third-order valence-corrected chi connectivity index (χ3v) is 4.73. The molecule has 0 aliphatic rings. The monoisotopic (exact) mass is 394 g/mol. The summed E-state index contributed by atoms with van der Waals surface area (Å²) in [4.78, 5) is 22.9. The van der Waals surface area contributed by atoms with Gasteiger partial charge >= 0.3 is 0 Å². The van der Waals surface area contributed by atoms with Gasteiger partial charge in [0.25, 0.3) is 11.6 Å². The van der Waals surface area contributed by atoms with Crippen LogP contribution in [-0.2, 0) is 11.2 Å². The number of aryl methyl sites for hydroxylation is 1. The predicted octanol–water partition coefficient (Wildman–Crippen LogP) is 3.35. The third kappa shape index (κ3) is 4.11. The zero-order chi connectivity index (χ0) is 20.1. The minimum atomic E-state index is -0.604. The van der Waals surface area contributed by atoms with Crippen molar-refractivity contribution >= 4 is 34.1 Å². The maximum absolute atomic E-state index is 12.4. The summed E-state index contributed by atoms with van der Waals surface area (Å²) in [6.07, 6.45) is 3.80. The Balaban J connectivity index is 1.89. The SMILES string of the molecule is CCc1nnc(NC(=O)/C(C#N)=C\c2cccn2-c2cccc([N+](=O)[O-])c2)s1. The van der Waals surface area contributed by atoms with Crippen LogP contribution in [0, 0.1) is 21.4 Å². The minimum absolute atomic E-state index is 0.0534. The lowest BCUT2D eigenvalue weighted by Gasteiger charge is -2.07. The van der Waals surface area contributed by atoms with E-state index in [2.05, 4.69) is 15.5 Å². The van der Waals surface area contributed by atoms with Crippen LogP contribution >= 0.6 is 11.3 Å². The van der Waals surface area contributed by atoms with Gasteiger partial charge in [-0.3, -0.25) is 20.2 Å². The number of aromatic nitrogens is 3. The van der Waals surface area contributed by atoms with Crippen molar-refractivity contribution in [3.05, 3.63) is 69.0 Å². The molecule has 0 unspecified atom stereocenters. The largest absolute Gasteiger partial charge is 0.317 e. The number of rotatable bonds is 6. The van der Waals surface area contributed by atoms with Gasteiger partial charge in [0.1, 0.15) is 16.6 Å². The van der Waals surface area contributed by atoms with E-state index in [1.165, 1.54) is 29.5 Å². The molecule has 1 N–H and O–H groups in total. The first-order chi connectivity index (χ1) is 13.5. The molecule has 2 heterocycles. The first kappa shape index (κ1) is 18.9. The van der Waals surface area contributed by atoms with Gasteiger partial charge in [0.2, 0.25) is 5.13 Å². The summed E-state index contributed by atoms with van der Waals surface area (Å²) in [6.45, 7) is 1.93. The first-order valence-corrected chi connectivity index (χ1v) is 9.01. The second-order valence-corrected chi connectivity index (χ2v) is 6.62. The molecule has 0 aliphatic heterocycles. The number of nitrogens with one attached hydrogen (secondary N) is 1. The smallest absolute Gasteiger partial charge is 0.271 e. The Morgan fingerprint density at radius 2 is 2.21 bits per heavy atom. The molecule has 10 heteroatoms. The number of hydrogen-bond donors (Lipinski definition) is 1. The molecular weight excluding hydrogens is 380 g/mol. The summed E-state index contributed by atoms with van der Waals surface area (Å²) in [6, 6.07) is 11.4. The average molecular weight is 394 g/mol. The molecule has 1 aromatic carbocycles. The van der Waals surface area contributed by atoms with Crippen molar-refractivity contribution < 1.29 is 9.72 Å². The molecular formula is C18H14N6O3S. The van der Waals surface area contributed by atoms with Gasteiger partial charge in [-0.15, -0.1) is 10.2 Å². The van der Waals surface area contributed by atoms with E-state index in [1.54, 1.807) is 35.0 Å². The predicted molar refractivity (Wildman–Crippen MR) is 104 cm³/mol. The van der Waals surface area contributed by atoms with E-state index in [9.17, 15) is 20.2 Å². The maximum Gasteiger partial charge on any atom is 0.271 e. The van der Waals surface area contributed by atoms with Crippen molar-refractivity contribution in [3.63, 3.8) is 0 Å². The molecule has 2 aromatic heterocycles. The van der Waals surface area contributed by atoms with Crippen LogP contribution in [0.25, 0.3) is 11.8 Å². The van der Waals surface area contributed by atoms with Crippen molar-refractivity contribution in [3.8, 4) is 11.8 Å². The fourth-order valence-electron chi connectivity index (χ4n) is 2.41. The lowest BCUT2D eigenvalue weighted by atomic mass is 10.2. The molecule has 0 bridgehead atoms. The van der Waals surface area contributed by atoms with Crippen LogP contribution in [0.1, 0.15) is 17.6 Å². The van der Waals surface area contributed by atoms with Crippen molar-refractivity contribution in [1.29, 1.82) is 5.26 Å². The van der Waals surface area contributed by atoms with Gasteiger partial charge in [0.05, 0.1) is 10.6 Å². The van der Waals surface area contributed by atoms with Crippen molar-refractivity contribution in [2.75, 3.05) is 5.32 Å². The summed E-state index contributed by atoms with van der Waals surface area (Å²) in [5.74, 6) is -0.604. The molecule has 0 saturated heterocycles. The highest BCUT2D eigenvalue weighted by molar-refractivity contribution is 7.15. The van der Waals surface area contributed by atoms with Gasteiger partial charge in [0.15, 0.2) is 0 Å². The Bertz CT molecular complexity index is 1110. The Labute approximate surface area is 163 Å². The third-order valence-electron chi connectivity index (χ3n) is 3.75. The number of nitriles is 1. The van der Waals surface area contributed by atoms with E-state index in [0.29, 0.717) is 22.9 Å². The average Bonchev–Trinajstić information content (AvgIpc) is 3.35. The quantitative estimate of drug-likeness (QED) is 0.296. The molecule has 3 aromatic rings. The van der Waals surface area contributed by atoms with Gasteiger partial charge in [-0.2, -0.15) is 5.26 Å². The number of nitro groups is 1. The van der Waals surface area contributed by atoms with Gasteiger partial charge < -0.3 is 4.57 Å². The van der Waals surface area contributed by atoms with Crippen molar-refractivity contribution in [1.82, 2.24) is 14.8 Å². The van der Waals surface area contributed by atoms with Crippen LogP contribution in [0.5, 0.6) is 0 Å². The van der Waals surface area contributed by atoms with Crippen LogP contribution in [0.3, 0.4) is 0 Å². The molecule has 0 saturated carbocycles. The second kappa shape index (κ2) is 8.24. The van der Waals surface area contributed by atoms with Crippen molar-refractivity contribution in [2.24, 2.45) is 0 Å². The molecule has 0 radical (unpaired) electrons. The fourth-order valence-corrected chi connectivity index (χ4v) is 3.09. The van der Waals surface area contributed by atoms with E-state index >= 15 is 0 Å². The highest BCUT2D eigenvalue weighted by Crippen LogP contribution is 2.21. The second-order valence-electron chi connectivity index (χ2n) is 5.56. The normalized spacial score (nSPS) is 11.1. The van der Waals surface area contributed by atoms with Gasteiger partial charge in [-0.25, -0.2) is 0 Å². The van der Waals surface area contributed by atoms with Gasteiger partial charge in [0, 0.05) is 24.0 Å². The van der Waals surface area contributed by atoms with Gasteiger partial charge in [-0.1, -0.05) is 24.3 Å².